The second-order valence-electron chi connectivity index (χ2n) is 9.58. The zero-order valence-electron chi connectivity index (χ0n) is 21.1. The molecule has 0 saturated carbocycles. The molecule has 1 fully saturated rings. The molecule has 5 rings (SSSR count). The van der Waals surface area contributed by atoms with Gasteiger partial charge in [0.25, 0.3) is 11.8 Å². The third-order valence-electron chi connectivity index (χ3n) is 7.19. The number of carbonyl (C=O) groups excluding carboxylic acids is 3. The molecule has 0 spiro atoms. The lowest BCUT2D eigenvalue weighted by Crippen LogP contribution is -2.54. The molecule has 4 amide bonds. The standard InChI is InChI=1S/C28H27N3O5S/c1-14-9-10-19(11-15(14)2)31-25(33)21(24(32)29-28(31)36)13-18-12-16(3)30(17(18)4)26-23(27(34)35)20-7-5-6-8-22(20)37-26/h9-13H,5-8H2,1-4H3,(H,34,35)(H,29,32,36)/b21-13+. The maximum atomic E-state index is 13.4. The number of nitrogens with zero attached hydrogens (tertiary/aromatic N) is 2. The van der Waals surface area contributed by atoms with Crippen molar-refractivity contribution in [1.82, 2.24) is 9.88 Å². The fourth-order valence-electron chi connectivity index (χ4n) is 5.09. The number of aromatic carboxylic acids is 1. The third-order valence-corrected chi connectivity index (χ3v) is 8.47. The topological polar surface area (TPSA) is 109 Å². The molecule has 1 aliphatic carbocycles. The molecule has 2 aliphatic rings. The summed E-state index contributed by atoms with van der Waals surface area (Å²) >= 11 is 1.49. The Labute approximate surface area is 218 Å². The summed E-state index contributed by atoms with van der Waals surface area (Å²) < 4.78 is 1.89. The monoisotopic (exact) mass is 517 g/mol. The second kappa shape index (κ2) is 9.15. The highest BCUT2D eigenvalue weighted by molar-refractivity contribution is 7.15. The van der Waals surface area contributed by atoms with Crippen LogP contribution in [-0.2, 0) is 22.4 Å². The summed E-state index contributed by atoms with van der Waals surface area (Å²) in [5.41, 5.74) is 5.49. The molecule has 1 aliphatic heterocycles. The maximum Gasteiger partial charge on any atom is 0.339 e. The van der Waals surface area contributed by atoms with Gasteiger partial charge in [-0.05, 0) is 99.9 Å². The third kappa shape index (κ3) is 4.09. The first-order valence-electron chi connectivity index (χ1n) is 12.1. The van der Waals surface area contributed by atoms with E-state index in [2.05, 4.69) is 5.32 Å². The van der Waals surface area contributed by atoms with Gasteiger partial charge in [0.1, 0.15) is 10.6 Å². The fourth-order valence-corrected chi connectivity index (χ4v) is 6.58. The van der Waals surface area contributed by atoms with Crippen LogP contribution in [0.1, 0.15) is 61.7 Å². The van der Waals surface area contributed by atoms with Crippen molar-refractivity contribution in [2.75, 3.05) is 4.90 Å². The Morgan fingerprint density at radius 1 is 1.03 bits per heavy atom. The molecule has 0 atom stereocenters. The van der Waals surface area contributed by atoms with Crippen molar-refractivity contribution in [2.45, 2.75) is 53.4 Å². The summed E-state index contributed by atoms with van der Waals surface area (Å²) in [6, 6.07) is 6.25. The number of nitrogens with one attached hydrogen (secondary N) is 1. The first-order chi connectivity index (χ1) is 17.6. The number of carboxylic acid groups (broad SMARTS) is 1. The number of amides is 4. The van der Waals surface area contributed by atoms with Gasteiger partial charge in [-0.25, -0.2) is 14.5 Å². The number of barbiturate groups is 1. The Kier molecular flexibility index (Phi) is 6.11. The minimum atomic E-state index is -0.953. The Morgan fingerprint density at radius 3 is 2.46 bits per heavy atom. The summed E-state index contributed by atoms with van der Waals surface area (Å²) in [6.45, 7) is 7.52. The number of hydrogen-bond donors (Lipinski definition) is 2. The number of fused-ring (bicyclic) bond motifs is 1. The number of imide groups is 2. The lowest BCUT2D eigenvalue weighted by atomic mass is 9.95. The van der Waals surface area contributed by atoms with E-state index < -0.39 is 23.8 Å². The Bertz CT molecular complexity index is 1540. The molecule has 1 aromatic carbocycles. The van der Waals surface area contributed by atoms with Crippen LogP contribution < -0.4 is 10.2 Å². The fraction of sp³-hybridized carbons (Fsp3) is 0.286. The SMILES string of the molecule is Cc1ccc(N2C(=O)NC(=O)/C(=C\c3cc(C)n(-c4sc5c(c4C(=O)O)CCCC5)c3C)C2=O)cc1C. The Morgan fingerprint density at radius 2 is 1.76 bits per heavy atom. The van der Waals surface area contributed by atoms with Gasteiger partial charge in [-0.1, -0.05) is 6.07 Å². The van der Waals surface area contributed by atoms with Crippen molar-refractivity contribution in [3.63, 3.8) is 0 Å². The molecule has 9 heteroatoms. The minimum absolute atomic E-state index is 0.165. The molecule has 8 nitrogen and oxygen atoms in total. The number of carboxylic acids is 1. The summed E-state index contributed by atoms with van der Waals surface area (Å²) in [7, 11) is 0. The van der Waals surface area contributed by atoms with Gasteiger partial charge >= 0.3 is 12.0 Å². The Balaban J connectivity index is 1.59. The predicted octanol–water partition coefficient (Wildman–Crippen LogP) is 5.02. The normalized spacial score (nSPS) is 16.8. The van der Waals surface area contributed by atoms with Crippen molar-refractivity contribution in [3.05, 3.63) is 73.9 Å². The molecular weight excluding hydrogens is 490 g/mol. The molecule has 2 aromatic heterocycles. The number of anilines is 1. The van der Waals surface area contributed by atoms with Crippen LogP contribution in [0.15, 0.2) is 29.8 Å². The van der Waals surface area contributed by atoms with Gasteiger partial charge in [0.2, 0.25) is 0 Å². The average Bonchev–Trinajstić information content (AvgIpc) is 3.35. The molecule has 37 heavy (non-hydrogen) atoms. The van der Waals surface area contributed by atoms with E-state index in [-0.39, 0.29) is 5.57 Å². The van der Waals surface area contributed by atoms with Gasteiger partial charge in [0.15, 0.2) is 0 Å². The van der Waals surface area contributed by atoms with Crippen molar-refractivity contribution >= 4 is 46.9 Å². The van der Waals surface area contributed by atoms with Crippen LogP contribution in [0.4, 0.5) is 10.5 Å². The van der Waals surface area contributed by atoms with Crippen LogP contribution in [-0.4, -0.2) is 33.5 Å². The van der Waals surface area contributed by atoms with Gasteiger partial charge in [-0.2, -0.15) is 0 Å². The van der Waals surface area contributed by atoms with E-state index in [1.807, 2.05) is 44.4 Å². The molecule has 2 N–H and O–H groups in total. The summed E-state index contributed by atoms with van der Waals surface area (Å²) in [5.74, 6) is -2.43. The van der Waals surface area contributed by atoms with Crippen LogP contribution in [0.5, 0.6) is 0 Å². The van der Waals surface area contributed by atoms with Crippen molar-refractivity contribution in [2.24, 2.45) is 0 Å². The average molecular weight is 518 g/mol. The van der Waals surface area contributed by atoms with Gasteiger partial charge in [0.05, 0.1) is 11.3 Å². The minimum Gasteiger partial charge on any atom is -0.478 e. The van der Waals surface area contributed by atoms with Crippen LogP contribution >= 0.6 is 11.3 Å². The number of rotatable bonds is 4. The highest BCUT2D eigenvalue weighted by Gasteiger charge is 2.37. The largest absolute Gasteiger partial charge is 0.478 e. The van der Waals surface area contributed by atoms with Crippen LogP contribution in [0.3, 0.4) is 0 Å². The van der Waals surface area contributed by atoms with Gasteiger partial charge in [-0.3, -0.25) is 14.9 Å². The van der Waals surface area contributed by atoms with Crippen LogP contribution in [0.25, 0.3) is 11.1 Å². The summed E-state index contributed by atoms with van der Waals surface area (Å²) in [6.07, 6.45) is 5.11. The Hall–Kier alpha value is -3.98. The molecule has 3 aromatic rings. The van der Waals surface area contributed by atoms with E-state index in [1.165, 1.54) is 17.4 Å². The number of urea groups is 1. The number of hydrogen-bond acceptors (Lipinski definition) is 5. The molecule has 0 bridgehead atoms. The van der Waals surface area contributed by atoms with E-state index in [9.17, 15) is 24.3 Å². The maximum absolute atomic E-state index is 13.4. The van der Waals surface area contributed by atoms with Crippen LogP contribution in [0, 0.1) is 27.7 Å². The first kappa shape index (κ1) is 24.7. The second-order valence-corrected chi connectivity index (χ2v) is 10.7. The van der Waals surface area contributed by atoms with Crippen molar-refractivity contribution < 1.29 is 24.3 Å². The number of aromatic nitrogens is 1. The highest BCUT2D eigenvalue weighted by Crippen LogP contribution is 2.39. The predicted molar refractivity (Wildman–Crippen MR) is 142 cm³/mol. The lowest BCUT2D eigenvalue weighted by Gasteiger charge is -2.26. The van der Waals surface area contributed by atoms with E-state index in [4.69, 9.17) is 0 Å². The number of thiophene rings is 1. The highest BCUT2D eigenvalue weighted by atomic mass is 32.1. The van der Waals surface area contributed by atoms with Gasteiger partial charge in [0, 0.05) is 16.3 Å². The van der Waals surface area contributed by atoms with Crippen LogP contribution in [0.2, 0.25) is 0 Å². The first-order valence-corrected chi connectivity index (χ1v) is 13.0. The van der Waals surface area contributed by atoms with E-state index >= 15 is 0 Å². The van der Waals surface area contributed by atoms with E-state index in [0.29, 0.717) is 27.5 Å². The summed E-state index contributed by atoms with van der Waals surface area (Å²) in [5, 5.41) is 12.9. The van der Waals surface area contributed by atoms with E-state index in [1.54, 1.807) is 12.1 Å². The number of aryl methyl sites for hydroxylation is 4. The zero-order chi connectivity index (χ0) is 26.6. The lowest BCUT2D eigenvalue weighted by molar-refractivity contribution is -0.122. The quantitative estimate of drug-likeness (QED) is 0.373. The smallest absolute Gasteiger partial charge is 0.339 e. The number of carbonyl (C=O) groups is 4. The molecular formula is C28H27N3O5S. The zero-order valence-corrected chi connectivity index (χ0v) is 21.9. The molecule has 3 heterocycles. The van der Waals surface area contributed by atoms with E-state index in [0.717, 1.165) is 57.8 Å². The molecule has 190 valence electrons. The number of benzene rings is 1. The van der Waals surface area contributed by atoms with Crippen molar-refractivity contribution in [1.29, 1.82) is 0 Å². The molecule has 1 saturated heterocycles. The summed E-state index contributed by atoms with van der Waals surface area (Å²) in [4.78, 5) is 53.1. The van der Waals surface area contributed by atoms with Gasteiger partial charge < -0.3 is 9.67 Å². The molecule has 0 radical (unpaired) electrons. The molecule has 0 unspecified atom stereocenters. The van der Waals surface area contributed by atoms with Crippen molar-refractivity contribution in [3.8, 4) is 5.00 Å². The van der Waals surface area contributed by atoms with Gasteiger partial charge in [-0.15, -0.1) is 11.3 Å².